The number of halogens is 1. The summed E-state index contributed by atoms with van der Waals surface area (Å²) in [5, 5.41) is 0.733. The van der Waals surface area contributed by atoms with Gasteiger partial charge in [0, 0.05) is 17.6 Å². The maximum atomic E-state index is 11.6. The lowest BCUT2D eigenvalue weighted by molar-refractivity contribution is -0.148. The van der Waals surface area contributed by atoms with Crippen molar-refractivity contribution in [1.82, 2.24) is 4.90 Å². The predicted molar refractivity (Wildman–Crippen MR) is 78.3 cm³/mol. The second kappa shape index (κ2) is 7.51. The fourth-order valence-corrected chi connectivity index (χ4v) is 2.17. The second-order valence-corrected chi connectivity index (χ2v) is 5.26. The van der Waals surface area contributed by atoms with E-state index in [1.165, 1.54) is 0 Å². The van der Waals surface area contributed by atoms with Crippen LogP contribution in [0.15, 0.2) is 24.3 Å². The van der Waals surface area contributed by atoms with Crippen molar-refractivity contribution in [1.29, 1.82) is 0 Å². The average molecular weight is 284 g/mol. The molecule has 0 aliphatic carbocycles. The molecule has 1 aromatic carbocycles. The number of esters is 1. The number of carbonyl (C=O) groups is 1. The van der Waals surface area contributed by atoms with Gasteiger partial charge in [0.05, 0.1) is 12.5 Å². The molecule has 2 unspecified atom stereocenters. The number of benzene rings is 1. The van der Waals surface area contributed by atoms with Crippen LogP contribution in [0.2, 0.25) is 5.02 Å². The maximum absolute atomic E-state index is 11.6. The molecule has 0 N–H and O–H groups in total. The minimum atomic E-state index is -0.146. The van der Waals surface area contributed by atoms with Crippen molar-refractivity contribution >= 4 is 17.6 Å². The summed E-state index contributed by atoms with van der Waals surface area (Å²) in [6.07, 6.45) is 0. The molecule has 1 rings (SSSR count). The lowest BCUT2D eigenvalue weighted by Crippen LogP contribution is -2.31. The Morgan fingerprint density at radius 1 is 1.42 bits per heavy atom. The molecule has 0 heterocycles. The van der Waals surface area contributed by atoms with Crippen molar-refractivity contribution in [2.45, 2.75) is 26.8 Å². The van der Waals surface area contributed by atoms with E-state index in [1.54, 1.807) is 0 Å². The van der Waals surface area contributed by atoms with Gasteiger partial charge in [0.25, 0.3) is 0 Å². The van der Waals surface area contributed by atoms with E-state index in [0.29, 0.717) is 13.2 Å². The fraction of sp³-hybridized carbons (Fsp3) is 0.533. The molecule has 1 aromatic rings. The highest BCUT2D eigenvalue weighted by atomic mass is 35.5. The zero-order chi connectivity index (χ0) is 14.4. The van der Waals surface area contributed by atoms with Gasteiger partial charge in [-0.1, -0.05) is 30.7 Å². The zero-order valence-electron chi connectivity index (χ0n) is 12.0. The first-order valence-electron chi connectivity index (χ1n) is 6.58. The third kappa shape index (κ3) is 4.84. The van der Waals surface area contributed by atoms with Crippen LogP contribution in [0.5, 0.6) is 0 Å². The van der Waals surface area contributed by atoms with Gasteiger partial charge < -0.3 is 4.74 Å². The Labute approximate surface area is 120 Å². The van der Waals surface area contributed by atoms with E-state index in [9.17, 15) is 4.79 Å². The average Bonchev–Trinajstić information content (AvgIpc) is 2.37. The van der Waals surface area contributed by atoms with Crippen molar-refractivity contribution in [2.75, 3.05) is 20.2 Å². The number of ether oxygens (including phenoxy) is 1. The van der Waals surface area contributed by atoms with Crippen LogP contribution in [0.1, 0.15) is 32.4 Å². The molecule has 0 bridgehead atoms. The van der Waals surface area contributed by atoms with Crippen LogP contribution in [-0.2, 0) is 9.53 Å². The van der Waals surface area contributed by atoms with Gasteiger partial charge in [-0.25, -0.2) is 0 Å². The van der Waals surface area contributed by atoms with Crippen LogP contribution < -0.4 is 0 Å². The normalized spacial score (nSPS) is 14.2. The molecule has 2 atom stereocenters. The number of rotatable bonds is 6. The summed E-state index contributed by atoms with van der Waals surface area (Å²) in [4.78, 5) is 13.8. The lowest BCUT2D eigenvalue weighted by Gasteiger charge is -2.27. The molecular weight excluding hydrogens is 262 g/mol. The Bertz CT molecular complexity index is 422. The van der Waals surface area contributed by atoms with Gasteiger partial charge >= 0.3 is 5.97 Å². The topological polar surface area (TPSA) is 29.5 Å². The highest BCUT2D eigenvalue weighted by Crippen LogP contribution is 2.22. The second-order valence-electron chi connectivity index (χ2n) is 4.82. The van der Waals surface area contributed by atoms with Gasteiger partial charge in [-0.05, 0) is 38.6 Å². The predicted octanol–water partition coefficient (Wildman–Crippen LogP) is 3.53. The summed E-state index contributed by atoms with van der Waals surface area (Å²) in [5.41, 5.74) is 1.14. The van der Waals surface area contributed by atoms with Gasteiger partial charge in [-0.2, -0.15) is 0 Å². The summed E-state index contributed by atoms with van der Waals surface area (Å²) in [5.74, 6) is -0.278. The zero-order valence-corrected chi connectivity index (χ0v) is 12.8. The molecule has 3 nitrogen and oxygen atoms in total. The van der Waals surface area contributed by atoms with Crippen LogP contribution in [0.25, 0.3) is 0 Å². The number of hydrogen-bond donors (Lipinski definition) is 0. The standard InChI is InChI=1S/C15H22ClNO2/c1-5-19-15(18)11(2)10-17(4)12(3)13-7-6-8-14(16)9-13/h6-9,11-12H,5,10H2,1-4H3. The van der Waals surface area contributed by atoms with E-state index in [4.69, 9.17) is 16.3 Å². The highest BCUT2D eigenvalue weighted by molar-refractivity contribution is 6.30. The third-order valence-corrected chi connectivity index (χ3v) is 3.48. The SMILES string of the molecule is CCOC(=O)C(C)CN(C)C(C)c1cccc(Cl)c1. The number of carbonyl (C=O) groups excluding carboxylic acids is 1. The Kier molecular flexibility index (Phi) is 6.32. The Balaban J connectivity index is 2.62. The van der Waals surface area contributed by atoms with Gasteiger partial charge in [-0.15, -0.1) is 0 Å². The molecule has 0 amide bonds. The first-order chi connectivity index (χ1) is 8.95. The summed E-state index contributed by atoms with van der Waals surface area (Å²) in [7, 11) is 2.00. The summed E-state index contributed by atoms with van der Waals surface area (Å²) in [6, 6.07) is 8.01. The van der Waals surface area contributed by atoms with Gasteiger partial charge in [-0.3, -0.25) is 9.69 Å². The van der Waals surface area contributed by atoms with Crippen LogP contribution in [0.4, 0.5) is 0 Å². The monoisotopic (exact) mass is 283 g/mol. The largest absolute Gasteiger partial charge is 0.466 e. The van der Waals surface area contributed by atoms with Crippen LogP contribution in [0, 0.1) is 5.92 Å². The fourth-order valence-electron chi connectivity index (χ4n) is 1.97. The lowest BCUT2D eigenvalue weighted by atomic mass is 10.1. The molecule has 0 saturated carbocycles. The van der Waals surface area contributed by atoms with E-state index in [2.05, 4.69) is 11.8 Å². The molecule has 106 valence electrons. The van der Waals surface area contributed by atoms with Crippen LogP contribution >= 0.6 is 11.6 Å². The summed E-state index contributed by atoms with van der Waals surface area (Å²) < 4.78 is 5.02. The van der Waals surface area contributed by atoms with Crippen molar-refractivity contribution < 1.29 is 9.53 Å². The van der Waals surface area contributed by atoms with Crippen molar-refractivity contribution in [3.05, 3.63) is 34.9 Å². The maximum Gasteiger partial charge on any atom is 0.309 e. The van der Waals surface area contributed by atoms with Gasteiger partial charge in [0.1, 0.15) is 0 Å². The van der Waals surface area contributed by atoms with E-state index in [1.807, 2.05) is 45.2 Å². The molecule has 0 aromatic heterocycles. The van der Waals surface area contributed by atoms with Crippen LogP contribution in [-0.4, -0.2) is 31.1 Å². The molecule has 0 fully saturated rings. The van der Waals surface area contributed by atoms with Gasteiger partial charge in [0.2, 0.25) is 0 Å². The first-order valence-corrected chi connectivity index (χ1v) is 6.95. The molecule has 4 heteroatoms. The number of nitrogens with zero attached hydrogens (tertiary/aromatic N) is 1. The summed E-state index contributed by atoms with van der Waals surface area (Å²) in [6.45, 7) is 6.90. The molecule has 0 saturated heterocycles. The van der Waals surface area contributed by atoms with Gasteiger partial charge in [0.15, 0.2) is 0 Å². The molecule has 0 aliphatic heterocycles. The Morgan fingerprint density at radius 3 is 2.68 bits per heavy atom. The molecule has 0 spiro atoms. The van der Waals surface area contributed by atoms with Crippen molar-refractivity contribution in [3.63, 3.8) is 0 Å². The van der Waals surface area contributed by atoms with E-state index < -0.39 is 0 Å². The smallest absolute Gasteiger partial charge is 0.309 e. The van der Waals surface area contributed by atoms with E-state index in [0.717, 1.165) is 10.6 Å². The molecule has 19 heavy (non-hydrogen) atoms. The van der Waals surface area contributed by atoms with Crippen molar-refractivity contribution in [3.8, 4) is 0 Å². The minimum Gasteiger partial charge on any atom is -0.466 e. The van der Waals surface area contributed by atoms with Crippen molar-refractivity contribution in [2.24, 2.45) is 5.92 Å². The van der Waals surface area contributed by atoms with E-state index in [-0.39, 0.29) is 17.9 Å². The highest BCUT2D eigenvalue weighted by Gasteiger charge is 2.19. The molecule has 0 aliphatic rings. The van der Waals surface area contributed by atoms with E-state index >= 15 is 0 Å². The first kappa shape index (κ1) is 16.0. The van der Waals surface area contributed by atoms with Crippen LogP contribution in [0.3, 0.4) is 0 Å². The Morgan fingerprint density at radius 2 is 2.11 bits per heavy atom. The quantitative estimate of drug-likeness (QED) is 0.748. The summed E-state index contributed by atoms with van der Waals surface area (Å²) >= 11 is 6.00. The minimum absolute atomic E-state index is 0.133. The molecule has 0 radical (unpaired) electrons. The third-order valence-electron chi connectivity index (χ3n) is 3.24. The number of hydrogen-bond acceptors (Lipinski definition) is 3. The Hall–Kier alpha value is -1.06. The molecular formula is C15H22ClNO2.